The number of hydrogen-bond donors (Lipinski definition) is 1. The van der Waals surface area contributed by atoms with Crippen molar-refractivity contribution in [3.05, 3.63) is 78.0 Å². The highest BCUT2D eigenvalue weighted by Crippen LogP contribution is 2.31. The Hall–Kier alpha value is -3.48. The molecule has 0 aromatic heterocycles. The first-order valence-corrected chi connectivity index (χ1v) is 8.04. The summed E-state index contributed by atoms with van der Waals surface area (Å²) in [6.07, 6.45) is 1.43. The summed E-state index contributed by atoms with van der Waals surface area (Å²) in [6.45, 7) is 3.58. The van der Waals surface area contributed by atoms with Crippen molar-refractivity contribution >= 4 is 23.1 Å². The van der Waals surface area contributed by atoms with E-state index in [1.807, 2.05) is 0 Å². The third-order valence-corrected chi connectivity index (χ3v) is 4.05. The van der Waals surface area contributed by atoms with Gasteiger partial charge in [0.1, 0.15) is 11.4 Å². The van der Waals surface area contributed by atoms with Crippen LogP contribution in [0.1, 0.15) is 5.56 Å². The number of anilines is 1. The van der Waals surface area contributed by atoms with E-state index in [-0.39, 0.29) is 23.5 Å². The van der Waals surface area contributed by atoms with Crippen LogP contribution in [-0.4, -0.2) is 30.4 Å². The van der Waals surface area contributed by atoms with Crippen LogP contribution in [0.4, 0.5) is 14.5 Å². The van der Waals surface area contributed by atoms with Crippen molar-refractivity contribution in [2.24, 2.45) is 0 Å². The Morgan fingerprint density at radius 3 is 2.37 bits per heavy atom. The number of ether oxygens (including phenoxy) is 1. The van der Waals surface area contributed by atoms with Crippen molar-refractivity contribution in [2.75, 3.05) is 19.0 Å². The summed E-state index contributed by atoms with van der Waals surface area (Å²) in [5.74, 6) is -2.56. The maximum atomic E-state index is 13.5. The number of carbonyl (C=O) groups is 2. The highest BCUT2D eigenvalue weighted by atomic mass is 19.2. The van der Waals surface area contributed by atoms with Crippen LogP contribution in [0.5, 0.6) is 5.75 Å². The summed E-state index contributed by atoms with van der Waals surface area (Å²) in [5.41, 5.74) is 0.759. The van der Waals surface area contributed by atoms with Crippen molar-refractivity contribution < 1.29 is 23.1 Å². The van der Waals surface area contributed by atoms with E-state index < -0.39 is 23.4 Å². The lowest BCUT2D eigenvalue weighted by atomic mass is 10.0. The topological polar surface area (TPSA) is 58.6 Å². The quantitative estimate of drug-likeness (QED) is 0.626. The minimum Gasteiger partial charge on any atom is -0.497 e. The lowest BCUT2D eigenvalue weighted by Gasteiger charge is -2.12. The van der Waals surface area contributed by atoms with Gasteiger partial charge in [-0.3, -0.25) is 14.5 Å². The second kappa shape index (κ2) is 7.41. The first-order chi connectivity index (χ1) is 13.0. The van der Waals surface area contributed by atoms with E-state index in [9.17, 15) is 18.4 Å². The van der Waals surface area contributed by atoms with Crippen molar-refractivity contribution in [2.45, 2.75) is 0 Å². The molecule has 3 rings (SSSR count). The van der Waals surface area contributed by atoms with E-state index in [0.29, 0.717) is 11.3 Å². The molecule has 138 valence electrons. The van der Waals surface area contributed by atoms with Gasteiger partial charge in [-0.05, 0) is 29.8 Å². The Kier molecular flexibility index (Phi) is 5.03. The SMILES string of the molecule is C=CCN1C(=O)C(Nc2ccc(F)c(F)c2)=C(c2ccc(OC)cc2)C1=O. The molecular weight excluding hydrogens is 354 g/mol. The van der Waals surface area contributed by atoms with Crippen LogP contribution < -0.4 is 10.1 Å². The summed E-state index contributed by atoms with van der Waals surface area (Å²) in [5, 5.41) is 2.75. The molecule has 27 heavy (non-hydrogen) atoms. The molecule has 0 spiro atoms. The standard InChI is InChI=1S/C20H16F2N2O3/c1-3-10-24-19(25)17(12-4-7-14(27-2)8-5-12)18(20(24)26)23-13-6-9-15(21)16(22)11-13/h3-9,11,23H,1,10H2,2H3. The molecular formula is C20H16F2N2O3. The fraction of sp³-hybridized carbons (Fsp3) is 0.100. The fourth-order valence-electron chi connectivity index (χ4n) is 2.73. The summed E-state index contributed by atoms with van der Waals surface area (Å²) in [7, 11) is 1.51. The zero-order chi connectivity index (χ0) is 19.6. The first kappa shape index (κ1) is 18.3. The second-order valence-corrected chi connectivity index (χ2v) is 5.74. The summed E-state index contributed by atoms with van der Waals surface area (Å²) >= 11 is 0. The Morgan fingerprint density at radius 1 is 1.07 bits per heavy atom. The molecule has 0 atom stereocenters. The molecule has 1 N–H and O–H groups in total. The summed E-state index contributed by atoms with van der Waals surface area (Å²) < 4.78 is 31.8. The van der Waals surface area contributed by atoms with E-state index in [0.717, 1.165) is 17.0 Å². The zero-order valence-electron chi connectivity index (χ0n) is 14.5. The number of amides is 2. The fourth-order valence-corrected chi connectivity index (χ4v) is 2.73. The molecule has 0 bridgehead atoms. The van der Waals surface area contributed by atoms with Crippen molar-refractivity contribution in [1.29, 1.82) is 0 Å². The number of carbonyl (C=O) groups excluding carboxylic acids is 2. The van der Waals surface area contributed by atoms with Crippen LogP contribution in [0.15, 0.2) is 60.8 Å². The number of imide groups is 1. The molecule has 0 aliphatic carbocycles. The summed E-state index contributed by atoms with van der Waals surface area (Å²) in [6, 6.07) is 9.74. The maximum absolute atomic E-state index is 13.5. The highest BCUT2D eigenvalue weighted by molar-refractivity contribution is 6.36. The van der Waals surface area contributed by atoms with Gasteiger partial charge in [0.2, 0.25) is 0 Å². The largest absolute Gasteiger partial charge is 0.497 e. The van der Waals surface area contributed by atoms with Crippen LogP contribution in [0.2, 0.25) is 0 Å². The molecule has 7 heteroatoms. The Bertz CT molecular complexity index is 952. The number of hydrogen-bond acceptors (Lipinski definition) is 4. The lowest BCUT2D eigenvalue weighted by Crippen LogP contribution is -2.32. The van der Waals surface area contributed by atoms with Gasteiger partial charge in [0.05, 0.1) is 12.7 Å². The van der Waals surface area contributed by atoms with Gasteiger partial charge in [0, 0.05) is 18.3 Å². The normalized spacial score (nSPS) is 14.0. The molecule has 1 aliphatic heterocycles. The van der Waals surface area contributed by atoms with E-state index in [4.69, 9.17) is 4.74 Å². The van der Waals surface area contributed by atoms with Crippen LogP contribution in [0.3, 0.4) is 0 Å². The van der Waals surface area contributed by atoms with Crippen molar-refractivity contribution in [3.8, 4) is 5.75 Å². The molecule has 1 aliphatic rings. The van der Waals surface area contributed by atoms with Crippen LogP contribution in [-0.2, 0) is 9.59 Å². The lowest BCUT2D eigenvalue weighted by molar-refractivity contribution is -0.136. The average Bonchev–Trinajstić information content (AvgIpc) is 2.89. The van der Waals surface area contributed by atoms with Gasteiger partial charge in [0.25, 0.3) is 11.8 Å². The number of halogens is 2. The monoisotopic (exact) mass is 370 g/mol. The average molecular weight is 370 g/mol. The van der Waals surface area contributed by atoms with E-state index >= 15 is 0 Å². The molecule has 2 amide bonds. The third-order valence-electron chi connectivity index (χ3n) is 4.05. The molecule has 1 heterocycles. The number of nitrogens with zero attached hydrogens (tertiary/aromatic N) is 1. The highest BCUT2D eigenvalue weighted by Gasteiger charge is 2.38. The molecule has 2 aromatic rings. The van der Waals surface area contributed by atoms with Crippen molar-refractivity contribution in [3.63, 3.8) is 0 Å². The molecule has 0 saturated carbocycles. The minimum absolute atomic E-state index is 0.0157. The smallest absolute Gasteiger partial charge is 0.278 e. The molecule has 2 aromatic carbocycles. The number of rotatable bonds is 6. The second-order valence-electron chi connectivity index (χ2n) is 5.74. The van der Waals surface area contributed by atoms with Gasteiger partial charge in [-0.2, -0.15) is 0 Å². The third kappa shape index (κ3) is 3.44. The predicted octanol–water partition coefficient (Wildman–Crippen LogP) is 3.35. The van der Waals surface area contributed by atoms with Gasteiger partial charge < -0.3 is 10.1 Å². The molecule has 0 unspecified atom stereocenters. The van der Waals surface area contributed by atoms with E-state index in [2.05, 4.69) is 11.9 Å². The van der Waals surface area contributed by atoms with E-state index in [1.165, 1.54) is 19.3 Å². The maximum Gasteiger partial charge on any atom is 0.278 e. The predicted molar refractivity (Wildman–Crippen MR) is 96.8 cm³/mol. The Balaban J connectivity index is 2.07. The van der Waals surface area contributed by atoms with Crippen LogP contribution in [0, 0.1) is 11.6 Å². The Labute approximate surface area is 154 Å². The van der Waals surface area contributed by atoms with Gasteiger partial charge in [0.15, 0.2) is 11.6 Å². The van der Waals surface area contributed by atoms with E-state index in [1.54, 1.807) is 24.3 Å². The van der Waals surface area contributed by atoms with Crippen molar-refractivity contribution in [1.82, 2.24) is 4.90 Å². The number of benzene rings is 2. The molecule has 0 saturated heterocycles. The van der Waals surface area contributed by atoms with Gasteiger partial charge in [-0.15, -0.1) is 6.58 Å². The minimum atomic E-state index is -1.06. The number of methoxy groups -OCH3 is 1. The molecule has 5 nitrogen and oxygen atoms in total. The van der Waals surface area contributed by atoms with Crippen LogP contribution in [0.25, 0.3) is 5.57 Å². The Morgan fingerprint density at radius 2 is 1.78 bits per heavy atom. The van der Waals surface area contributed by atoms with Gasteiger partial charge >= 0.3 is 0 Å². The zero-order valence-corrected chi connectivity index (χ0v) is 14.5. The summed E-state index contributed by atoms with van der Waals surface area (Å²) in [4.78, 5) is 26.5. The molecule has 0 radical (unpaired) electrons. The van der Waals surface area contributed by atoms with Gasteiger partial charge in [-0.25, -0.2) is 8.78 Å². The number of nitrogens with one attached hydrogen (secondary N) is 1. The molecule has 0 fully saturated rings. The van der Waals surface area contributed by atoms with Gasteiger partial charge in [-0.1, -0.05) is 18.2 Å². The first-order valence-electron chi connectivity index (χ1n) is 8.04. The van der Waals surface area contributed by atoms with Crippen LogP contribution >= 0.6 is 0 Å².